The number of hydrogen-bond donors (Lipinski definition) is 1. The number of nitrogens with zero attached hydrogens (tertiary/aromatic N) is 2. The number of nitrogens with one attached hydrogen (secondary N) is 1. The zero-order valence-corrected chi connectivity index (χ0v) is 15.5. The van der Waals surface area contributed by atoms with E-state index in [9.17, 15) is 4.79 Å². The van der Waals surface area contributed by atoms with Crippen LogP contribution in [-0.4, -0.2) is 22.8 Å². The monoisotopic (exact) mass is 365 g/mol. The quantitative estimate of drug-likeness (QED) is 0.753. The van der Waals surface area contributed by atoms with Gasteiger partial charge >= 0.3 is 0 Å². The lowest BCUT2D eigenvalue weighted by molar-refractivity contribution is 0.102. The van der Waals surface area contributed by atoms with Gasteiger partial charge < -0.3 is 10.1 Å². The highest BCUT2D eigenvalue weighted by molar-refractivity contribution is 7.98. The lowest BCUT2D eigenvalue weighted by Gasteiger charge is -2.13. The molecule has 6 heteroatoms. The molecule has 0 spiro atoms. The summed E-state index contributed by atoms with van der Waals surface area (Å²) >= 11 is 1.81. The Labute approximate surface area is 156 Å². The molecule has 0 saturated heterocycles. The van der Waals surface area contributed by atoms with Crippen molar-refractivity contribution in [1.82, 2.24) is 9.78 Å². The average Bonchev–Trinajstić information content (AvgIpc) is 3.25. The number of aromatic nitrogens is 2. The van der Waals surface area contributed by atoms with Gasteiger partial charge in [-0.2, -0.15) is 16.9 Å². The first-order chi connectivity index (χ1) is 12.7. The molecule has 3 aromatic rings. The van der Waals surface area contributed by atoms with Crippen LogP contribution >= 0.6 is 11.8 Å². The van der Waals surface area contributed by atoms with E-state index < -0.39 is 0 Å². The first-order valence-corrected chi connectivity index (χ1v) is 9.53. The van der Waals surface area contributed by atoms with Crippen LogP contribution in [0.15, 0.2) is 48.5 Å². The number of para-hydroxylation sites is 1. The fraction of sp³-hybridized carbons (Fsp3) is 0.200. The van der Waals surface area contributed by atoms with Crippen LogP contribution in [0, 0.1) is 6.92 Å². The van der Waals surface area contributed by atoms with Crippen LogP contribution in [0.25, 0.3) is 5.69 Å². The van der Waals surface area contributed by atoms with Crippen LogP contribution < -0.4 is 10.1 Å². The lowest BCUT2D eigenvalue weighted by atomic mass is 10.2. The van der Waals surface area contributed by atoms with Crippen LogP contribution in [0.4, 0.5) is 5.82 Å². The summed E-state index contributed by atoms with van der Waals surface area (Å²) in [5.74, 6) is 2.81. The van der Waals surface area contributed by atoms with Crippen LogP contribution in [0.5, 0.6) is 5.75 Å². The van der Waals surface area contributed by atoms with E-state index in [-0.39, 0.29) is 5.91 Å². The summed E-state index contributed by atoms with van der Waals surface area (Å²) in [6.45, 7) is 2.05. The third-order valence-corrected chi connectivity index (χ3v) is 5.38. The minimum Gasteiger partial charge on any atom is -0.496 e. The summed E-state index contributed by atoms with van der Waals surface area (Å²) in [5.41, 5.74) is 4.75. The van der Waals surface area contributed by atoms with Crippen LogP contribution in [0.1, 0.15) is 27.2 Å². The predicted octanol–water partition coefficient (Wildman–Crippen LogP) is 4.19. The molecule has 0 radical (unpaired) electrons. The maximum Gasteiger partial charge on any atom is 0.260 e. The number of thioether (sulfide) groups is 1. The Hall–Kier alpha value is -2.73. The summed E-state index contributed by atoms with van der Waals surface area (Å²) in [4.78, 5) is 12.9. The van der Waals surface area contributed by atoms with Crippen molar-refractivity contribution in [2.24, 2.45) is 0 Å². The van der Waals surface area contributed by atoms with E-state index in [0.717, 1.165) is 34.3 Å². The zero-order chi connectivity index (χ0) is 18.1. The van der Waals surface area contributed by atoms with Crippen molar-refractivity contribution in [3.05, 3.63) is 70.9 Å². The van der Waals surface area contributed by atoms with E-state index in [1.54, 1.807) is 19.2 Å². The molecule has 5 nitrogen and oxygen atoms in total. The van der Waals surface area contributed by atoms with Crippen LogP contribution in [0.2, 0.25) is 0 Å². The van der Waals surface area contributed by atoms with Gasteiger partial charge in [-0.15, -0.1) is 0 Å². The van der Waals surface area contributed by atoms with Crippen molar-refractivity contribution in [1.29, 1.82) is 0 Å². The van der Waals surface area contributed by atoms with Crippen molar-refractivity contribution in [3.8, 4) is 11.4 Å². The summed E-state index contributed by atoms with van der Waals surface area (Å²) in [6.07, 6.45) is 0. The average molecular weight is 365 g/mol. The number of rotatable bonds is 4. The molecule has 2 heterocycles. The highest BCUT2D eigenvalue weighted by Crippen LogP contribution is 2.36. The minimum atomic E-state index is -0.199. The van der Waals surface area contributed by atoms with Gasteiger partial charge in [-0.05, 0) is 31.2 Å². The van der Waals surface area contributed by atoms with Crippen molar-refractivity contribution >= 4 is 23.5 Å². The smallest absolute Gasteiger partial charge is 0.260 e. The van der Waals surface area contributed by atoms with Gasteiger partial charge in [0.15, 0.2) is 0 Å². The Bertz CT molecular complexity index is 964. The van der Waals surface area contributed by atoms with Gasteiger partial charge in [-0.1, -0.05) is 29.8 Å². The topological polar surface area (TPSA) is 56.1 Å². The van der Waals surface area contributed by atoms with E-state index in [4.69, 9.17) is 9.84 Å². The third kappa shape index (κ3) is 2.97. The Morgan fingerprint density at radius 2 is 1.92 bits per heavy atom. The molecule has 0 saturated carbocycles. The zero-order valence-electron chi connectivity index (χ0n) is 14.7. The minimum absolute atomic E-state index is 0.199. The number of amides is 1. The number of anilines is 1. The Morgan fingerprint density at radius 3 is 2.69 bits per heavy atom. The first kappa shape index (κ1) is 16.7. The first-order valence-electron chi connectivity index (χ1n) is 8.37. The van der Waals surface area contributed by atoms with Gasteiger partial charge in [0.05, 0.1) is 24.1 Å². The summed E-state index contributed by atoms with van der Waals surface area (Å²) < 4.78 is 7.15. The number of hydrogen-bond acceptors (Lipinski definition) is 4. The van der Waals surface area contributed by atoms with Gasteiger partial charge in [-0.3, -0.25) is 4.79 Å². The normalized spacial score (nSPS) is 12.7. The molecule has 1 aliphatic rings. The number of aryl methyl sites for hydroxylation is 1. The third-order valence-electron chi connectivity index (χ3n) is 4.41. The standard InChI is InChI=1S/C20H19N3O2S/c1-13-7-9-14(10-8-13)23-19(16-11-26-12-17(16)22-23)21-20(24)15-5-3-4-6-18(15)25-2/h3-10H,11-12H2,1-2H3,(H,21,24). The Balaban J connectivity index is 1.74. The molecule has 0 unspecified atom stereocenters. The molecule has 132 valence electrons. The molecule has 0 atom stereocenters. The molecule has 2 aromatic carbocycles. The second-order valence-electron chi connectivity index (χ2n) is 6.17. The molecule has 0 fully saturated rings. The number of ether oxygens (including phenoxy) is 1. The number of methoxy groups -OCH3 is 1. The lowest BCUT2D eigenvalue weighted by Crippen LogP contribution is -2.17. The highest BCUT2D eigenvalue weighted by atomic mass is 32.2. The number of fused-ring (bicyclic) bond motifs is 1. The molecule has 1 aromatic heterocycles. The second kappa shape index (κ2) is 6.88. The number of carbonyl (C=O) groups is 1. The van der Waals surface area contributed by atoms with Crippen LogP contribution in [-0.2, 0) is 11.5 Å². The van der Waals surface area contributed by atoms with E-state index >= 15 is 0 Å². The number of benzene rings is 2. The van der Waals surface area contributed by atoms with Gasteiger partial charge in [0, 0.05) is 17.1 Å². The molecule has 0 aliphatic carbocycles. The SMILES string of the molecule is COc1ccccc1C(=O)Nc1c2c(nn1-c1ccc(C)cc1)CSC2. The summed E-state index contributed by atoms with van der Waals surface area (Å²) in [5, 5.41) is 7.79. The van der Waals surface area contributed by atoms with E-state index in [2.05, 4.69) is 5.32 Å². The molecule has 1 aliphatic heterocycles. The van der Waals surface area contributed by atoms with Crippen molar-refractivity contribution < 1.29 is 9.53 Å². The fourth-order valence-electron chi connectivity index (χ4n) is 3.02. The molecule has 0 bridgehead atoms. The Morgan fingerprint density at radius 1 is 1.15 bits per heavy atom. The highest BCUT2D eigenvalue weighted by Gasteiger charge is 2.25. The van der Waals surface area contributed by atoms with E-state index in [1.807, 2.05) is 59.8 Å². The summed E-state index contributed by atoms with van der Waals surface area (Å²) in [7, 11) is 1.57. The van der Waals surface area contributed by atoms with Crippen molar-refractivity contribution in [2.45, 2.75) is 18.4 Å². The molecular weight excluding hydrogens is 346 g/mol. The largest absolute Gasteiger partial charge is 0.496 e. The maximum absolute atomic E-state index is 12.9. The maximum atomic E-state index is 12.9. The predicted molar refractivity (Wildman–Crippen MR) is 104 cm³/mol. The summed E-state index contributed by atoms with van der Waals surface area (Å²) in [6, 6.07) is 15.3. The van der Waals surface area contributed by atoms with Crippen LogP contribution in [0.3, 0.4) is 0 Å². The van der Waals surface area contributed by atoms with E-state index in [0.29, 0.717) is 11.3 Å². The van der Waals surface area contributed by atoms with Gasteiger partial charge in [-0.25, -0.2) is 4.68 Å². The van der Waals surface area contributed by atoms with Gasteiger partial charge in [0.25, 0.3) is 5.91 Å². The molecule has 1 N–H and O–H groups in total. The van der Waals surface area contributed by atoms with Gasteiger partial charge in [0.1, 0.15) is 11.6 Å². The molecule has 4 rings (SSSR count). The van der Waals surface area contributed by atoms with Crippen molar-refractivity contribution in [2.75, 3.05) is 12.4 Å². The van der Waals surface area contributed by atoms with Crippen molar-refractivity contribution in [3.63, 3.8) is 0 Å². The number of carbonyl (C=O) groups excluding carboxylic acids is 1. The van der Waals surface area contributed by atoms with Gasteiger partial charge in [0.2, 0.25) is 0 Å². The molecule has 26 heavy (non-hydrogen) atoms. The Kier molecular flexibility index (Phi) is 4.42. The second-order valence-corrected chi connectivity index (χ2v) is 7.15. The fourth-order valence-corrected chi connectivity index (χ4v) is 4.06. The molecule has 1 amide bonds. The molecular formula is C20H19N3O2S. The van der Waals surface area contributed by atoms with E-state index in [1.165, 1.54) is 5.56 Å².